The monoisotopic (exact) mass is 501 g/mol. The summed E-state index contributed by atoms with van der Waals surface area (Å²) in [6.07, 6.45) is -1.35. The average Bonchev–Trinajstić information content (AvgIpc) is 3.27. The van der Waals surface area contributed by atoms with Crippen LogP contribution < -0.4 is 21.1 Å². The number of carbonyl (C=O) groups is 1. The fraction of sp³-hybridized carbons (Fsp3) is 0.684. The molecule has 1 fully saturated rings. The van der Waals surface area contributed by atoms with Crippen LogP contribution in [0.15, 0.2) is 6.33 Å². The Morgan fingerprint density at radius 1 is 1.38 bits per heavy atom. The van der Waals surface area contributed by atoms with Gasteiger partial charge >= 0.3 is 13.6 Å². The molecule has 1 saturated heterocycles. The molecule has 3 heterocycles. The highest BCUT2D eigenvalue weighted by Crippen LogP contribution is 2.40. The highest BCUT2D eigenvalue weighted by Gasteiger charge is 2.43. The summed E-state index contributed by atoms with van der Waals surface area (Å²) in [4.78, 5) is 24.5. The van der Waals surface area contributed by atoms with Crippen LogP contribution >= 0.6 is 7.67 Å². The van der Waals surface area contributed by atoms with Crippen molar-refractivity contribution >= 4 is 30.8 Å². The molecule has 15 heteroatoms. The van der Waals surface area contributed by atoms with Crippen molar-refractivity contribution in [1.29, 1.82) is 0 Å². The molecule has 34 heavy (non-hydrogen) atoms. The average molecular weight is 501 g/mol. The number of anilines is 1. The quantitative estimate of drug-likeness (QED) is 0.262. The van der Waals surface area contributed by atoms with Crippen molar-refractivity contribution in [2.45, 2.75) is 65.2 Å². The molecule has 0 aromatic carbocycles. The van der Waals surface area contributed by atoms with E-state index in [2.05, 4.69) is 20.0 Å². The number of rotatable bonds is 10. The van der Waals surface area contributed by atoms with Crippen LogP contribution in [-0.2, 0) is 23.4 Å². The smallest absolute Gasteiger partial charge is 0.338 e. The van der Waals surface area contributed by atoms with Crippen molar-refractivity contribution in [2.75, 3.05) is 18.9 Å². The Morgan fingerprint density at radius 2 is 2.09 bits per heavy atom. The lowest BCUT2D eigenvalue weighted by molar-refractivity contribution is -0.149. The number of hydrogen-bond acceptors (Lipinski definition) is 11. The molecule has 14 nitrogen and oxygen atoms in total. The molecule has 0 aliphatic carbocycles. The predicted octanol–water partition coefficient (Wildman–Crippen LogP) is 0.715. The molecule has 3 rings (SSSR count). The lowest BCUT2D eigenvalue weighted by Gasteiger charge is -2.22. The van der Waals surface area contributed by atoms with Crippen molar-refractivity contribution in [3.05, 3.63) is 6.33 Å². The molecule has 2 aromatic rings. The van der Waals surface area contributed by atoms with Crippen molar-refractivity contribution in [2.24, 2.45) is 11.4 Å². The van der Waals surface area contributed by atoms with Gasteiger partial charge in [0.2, 0.25) is 11.8 Å². The van der Waals surface area contributed by atoms with Crippen LogP contribution in [0, 0.1) is 5.92 Å². The number of fused-ring (bicyclic) bond motifs is 1. The number of esters is 1. The van der Waals surface area contributed by atoms with Gasteiger partial charge in [-0.3, -0.25) is 13.9 Å². The van der Waals surface area contributed by atoms with E-state index in [4.69, 9.17) is 30.0 Å². The van der Waals surface area contributed by atoms with Gasteiger partial charge in [0.15, 0.2) is 11.2 Å². The van der Waals surface area contributed by atoms with E-state index in [0.29, 0.717) is 17.8 Å². The first-order valence-corrected chi connectivity index (χ1v) is 12.6. The number of hydrogen-bond donors (Lipinski definition) is 4. The molecular weight excluding hydrogens is 469 g/mol. The maximum absolute atomic E-state index is 12.6. The summed E-state index contributed by atoms with van der Waals surface area (Å²) in [6, 6.07) is -0.957. The lowest BCUT2D eigenvalue weighted by Crippen LogP contribution is -2.38. The van der Waals surface area contributed by atoms with Gasteiger partial charge < -0.3 is 29.6 Å². The Bertz CT molecular complexity index is 1070. The Kier molecular flexibility index (Phi) is 8.11. The molecule has 2 aromatic heterocycles. The van der Waals surface area contributed by atoms with E-state index < -0.39 is 44.0 Å². The van der Waals surface area contributed by atoms with Crippen LogP contribution in [0.5, 0.6) is 5.88 Å². The Labute approximate surface area is 196 Å². The molecule has 1 aliphatic rings. The van der Waals surface area contributed by atoms with Gasteiger partial charge in [-0.1, -0.05) is 6.92 Å². The second-order valence-electron chi connectivity index (χ2n) is 8.29. The van der Waals surface area contributed by atoms with Crippen LogP contribution in [0.4, 0.5) is 5.95 Å². The number of aliphatic hydroxyl groups is 1. The molecule has 1 aliphatic heterocycles. The minimum absolute atomic E-state index is 0.00374. The third-order valence-corrected chi connectivity index (χ3v) is 6.44. The highest BCUT2D eigenvalue weighted by molar-refractivity contribution is 7.54. The second kappa shape index (κ2) is 10.5. The Balaban J connectivity index is 1.70. The number of nitrogens with two attached hydrogens (primary N) is 2. The van der Waals surface area contributed by atoms with Gasteiger partial charge in [-0.2, -0.15) is 9.97 Å². The zero-order valence-electron chi connectivity index (χ0n) is 19.7. The van der Waals surface area contributed by atoms with E-state index in [1.165, 1.54) is 13.3 Å². The third kappa shape index (κ3) is 5.82. The van der Waals surface area contributed by atoms with Gasteiger partial charge in [-0.15, -0.1) is 0 Å². The van der Waals surface area contributed by atoms with Gasteiger partial charge in [0.1, 0.15) is 18.4 Å². The summed E-state index contributed by atoms with van der Waals surface area (Å²) in [5.41, 5.74) is 12.3. The first-order valence-electron chi connectivity index (χ1n) is 10.9. The van der Waals surface area contributed by atoms with Crippen molar-refractivity contribution in [3.8, 4) is 5.88 Å². The lowest BCUT2D eigenvalue weighted by atomic mass is 10.0. The largest absolute Gasteiger partial charge is 0.476 e. The van der Waals surface area contributed by atoms with E-state index in [-0.39, 0.29) is 24.5 Å². The number of ether oxygens (including phenoxy) is 3. The molecule has 0 spiro atoms. The van der Waals surface area contributed by atoms with Crippen LogP contribution in [-0.4, -0.2) is 68.2 Å². The maximum atomic E-state index is 12.6. The van der Waals surface area contributed by atoms with Gasteiger partial charge in [0, 0.05) is 5.92 Å². The van der Waals surface area contributed by atoms with Gasteiger partial charge in [-0.25, -0.2) is 15.6 Å². The minimum Gasteiger partial charge on any atom is -0.476 e. The first kappa shape index (κ1) is 26.3. The summed E-state index contributed by atoms with van der Waals surface area (Å²) in [5, 5.41) is 13.2. The van der Waals surface area contributed by atoms with Gasteiger partial charge in [0.25, 0.3) is 0 Å². The molecule has 0 saturated carbocycles. The molecular formula is C19H32N7O7P. The maximum Gasteiger partial charge on any atom is 0.338 e. The Morgan fingerprint density at radius 3 is 2.74 bits per heavy atom. The van der Waals surface area contributed by atoms with Crippen molar-refractivity contribution < 1.29 is 33.2 Å². The molecule has 0 amide bonds. The number of imidazole rings is 1. The number of nitrogen functional groups attached to an aromatic ring is 1. The summed E-state index contributed by atoms with van der Waals surface area (Å²) >= 11 is 0. The van der Waals surface area contributed by atoms with E-state index in [1.807, 2.05) is 6.92 Å². The number of nitrogens with zero attached hydrogens (tertiary/aromatic N) is 4. The van der Waals surface area contributed by atoms with Crippen LogP contribution in [0.3, 0.4) is 0 Å². The highest BCUT2D eigenvalue weighted by atomic mass is 31.2. The second-order valence-corrected chi connectivity index (χ2v) is 10.00. The summed E-state index contributed by atoms with van der Waals surface area (Å²) in [7, 11) is -3.90. The van der Waals surface area contributed by atoms with Crippen LogP contribution in [0.1, 0.15) is 40.8 Å². The summed E-state index contributed by atoms with van der Waals surface area (Å²) in [6.45, 7) is 8.52. The molecule has 6 N–H and O–H groups in total. The number of nitrogens with one attached hydrogen (secondary N) is 1. The van der Waals surface area contributed by atoms with Crippen molar-refractivity contribution in [1.82, 2.24) is 24.6 Å². The SMILES string of the molecule is CCOc1nc(N)nc2c1ncn2C1OC(COP(N)(=O)NC(C)C(=O)OC(C)C)C(O)C1C. The fourth-order valence-corrected chi connectivity index (χ4v) is 4.64. The number of aliphatic hydroxyl groups excluding tert-OH is 1. The predicted molar refractivity (Wildman–Crippen MR) is 122 cm³/mol. The zero-order valence-corrected chi connectivity index (χ0v) is 20.6. The topological polar surface area (TPSA) is 199 Å². The third-order valence-electron chi connectivity index (χ3n) is 5.16. The molecule has 190 valence electrons. The molecule has 6 atom stereocenters. The summed E-state index contributed by atoms with van der Waals surface area (Å²) < 4.78 is 36.1. The van der Waals surface area contributed by atoms with Crippen LogP contribution in [0.2, 0.25) is 0 Å². The first-order chi connectivity index (χ1) is 15.9. The number of carbonyl (C=O) groups excluding carboxylic acids is 1. The van der Waals surface area contributed by atoms with E-state index in [1.54, 1.807) is 25.3 Å². The standard InChI is InChI=1S/C19H32N7O7P/c1-6-30-16-13-15(23-19(20)24-16)26(8-22-13)17-10(4)14(27)12(33-17)7-31-34(21,29)25-11(5)18(28)32-9(2)3/h8-12,14,17,27H,6-7H2,1-5H3,(H2,20,23,24)(H3,21,25,29). The van der Waals surface area contributed by atoms with E-state index in [9.17, 15) is 14.5 Å². The van der Waals surface area contributed by atoms with E-state index >= 15 is 0 Å². The van der Waals surface area contributed by atoms with Gasteiger partial charge in [-0.05, 0) is 27.7 Å². The molecule has 6 unspecified atom stereocenters. The molecule has 0 radical (unpaired) electrons. The van der Waals surface area contributed by atoms with Crippen LogP contribution in [0.25, 0.3) is 11.2 Å². The Hall–Kier alpha value is -2.35. The number of aromatic nitrogens is 4. The molecule has 0 bridgehead atoms. The summed E-state index contributed by atoms with van der Waals surface area (Å²) in [5.74, 6) is -0.781. The zero-order chi connectivity index (χ0) is 25.2. The van der Waals surface area contributed by atoms with E-state index in [0.717, 1.165) is 0 Å². The minimum atomic E-state index is -3.90. The van der Waals surface area contributed by atoms with Crippen molar-refractivity contribution in [3.63, 3.8) is 0 Å². The fourth-order valence-electron chi connectivity index (χ4n) is 3.56. The van der Waals surface area contributed by atoms with Gasteiger partial charge in [0.05, 0.1) is 31.7 Å². The normalized spacial score (nSPS) is 25.4.